The largest absolute Gasteiger partial charge is 0.465 e. The number of esters is 2. The number of hydrogen-bond donors (Lipinski definition) is 2. The molecule has 0 bridgehead atoms. The van der Waals surface area contributed by atoms with E-state index in [2.05, 4.69) is 15.2 Å². The maximum absolute atomic E-state index is 12.5. The molecule has 0 unspecified atom stereocenters. The third-order valence-corrected chi connectivity index (χ3v) is 6.45. The molecular formula is C22H33N3O6. The molecule has 0 aromatic carbocycles. The molecule has 1 amide bonds. The lowest BCUT2D eigenvalue weighted by Gasteiger charge is -2.48. The Morgan fingerprint density at radius 3 is 2.42 bits per heavy atom. The number of methoxy groups -OCH3 is 1. The molecule has 172 valence electrons. The Kier molecular flexibility index (Phi) is 7.72. The van der Waals surface area contributed by atoms with E-state index in [4.69, 9.17) is 14.2 Å². The molecule has 0 atom stereocenters. The molecule has 3 rings (SSSR count). The van der Waals surface area contributed by atoms with Gasteiger partial charge in [-0.05, 0) is 32.3 Å². The number of rotatable bonds is 7. The van der Waals surface area contributed by atoms with Gasteiger partial charge in [0.05, 0.1) is 25.9 Å². The highest BCUT2D eigenvalue weighted by Gasteiger charge is 2.38. The number of aromatic amines is 1. The SMILES string of the molecule is COC(=O)c1c(C)[nH]c(C(=O)OCC(=O)NCC2(N3CCOCC3)CCCCC2)c1C. The van der Waals surface area contributed by atoms with Crippen molar-refractivity contribution in [2.24, 2.45) is 0 Å². The van der Waals surface area contributed by atoms with Gasteiger partial charge >= 0.3 is 11.9 Å². The Morgan fingerprint density at radius 1 is 1.10 bits per heavy atom. The van der Waals surface area contributed by atoms with Gasteiger partial charge in [0.25, 0.3) is 5.91 Å². The lowest BCUT2D eigenvalue weighted by molar-refractivity contribution is -0.125. The summed E-state index contributed by atoms with van der Waals surface area (Å²) in [5, 5.41) is 2.97. The van der Waals surface area contributed by atoms with Crippen LogP contribution in [0.3, 0.4) is 0 Å². The first-order valence-corrected chi connectivity index (χ1v) is 10.9. The lowest BCUT2D eigenvalue weighted by Crippen LogP contribution is -2.59. The van der Waals surface area contributed by atoms with Gasteiger partial charge in [-0.3, -0.25) is 9.69 Å². The molecule has 0 radical (unpaired) electrons. The minimum absolute atomic E-state index is 0.0513. The van der Waals surface area contributed by atoms with Gasteiger partial charge in [-0.25, -0.2) is 9.59 Å². The number of nitrogens with one attached hydrogen (secondary N) is 2. The minimum atomic E-state index is -0.675. The number of aromatic nitrogens is 1. The molecule has 1 aliphatic carbocycles. The van der Waals surface area contributed by atoms with E-state index in [1.165, 1.54) is 13.5 Å². The van der Waals surface area contributed by atoms with Crippen LogP contribution in [0.1, 0.15) is 64.2 Å². The Labute approximate surface area is 182 Å². The maximum Gasteiger partial charge on any atom is 0.355 e. The third kappa shape index (κ3) is 5.27. The van der Waals surface area contributed by atoms with Crippen molar-refractivity contribution >= 4 is 17.8 Å². The zero-order chi connectivity index (χ0) is 22.4. The lowest BCUT2D eigenvalue weighted by atomic mass is 9.79. The fourth-order valence-corrected chi connectivity index (χ4v) is 4.73. The van der Waals surface area contributed by atoms with Gasteiger partial charge in [0.2, 0.25) is 0 Å². The van der Waals surface area contributed by atoms with Gasteiger partial charge in [-0.15, -0.1) is 0 Å². The van der Waals surface area contributed by atoms with Gasteiger partial charge in [0.1, 0.15) is 5.69 Å². The highest BCUT2D eigenvalue weighted by Crippen LogP contribution is 2.33. The average molecular weight is 436 g/mol. The van der Waals surface area contributed by atoms with Gasteiger partial charge < -0.3 is 24.5 Å². The molecule has 1 saturated heterocycles. The molecule has 0 spiro atoms. The summed E-state index contributed by atoms with van der Waals surface area (Å²) in [5.41, 5.74) is 1.38. The second-order valence-electron chi connectivity index (χ2n) is 8.35. The molecule has 2 aliphatic rings. The molecule has 2 heterocycles. The zero-order valence-electron chi connectivity index (χ0n) is 18.7. The van der Waals surface area contributed by atoms with Crippen molar-refractivity contribution in [1.82, 2.24) is 15.2 Å². The summed E-state index contributed by atoms with van der Waals surface area (Å²) in [6, 6.07) is 0. The number of morpholine rings is 1. The molecule has 1 saturated carbocycles. The number of amides is 1. The van der Waals surface area contributed by atoms with Gasteiger partial charge in [0, 0.05) is 30.9 Å². The Morgan fingerprint density at radius 2 is 1.77 bits per heavy atom. The van der Waals surface area contributed by atoms with Crippen molar-refractivity contribution in [3.63, 3.8) is 0 Å². The van der Waals surface area contributed by atoms with E-state index in [0.717, 1.165) is 52.0 Å². The first kappa shape index (κ1) is 23.3. The van der Waals surface area contributed by atoms with Crippen LogP contribution in [0, 0.1) is 13.8 Å². The van der Waals surface area contributed by atoms with Crippen LogP contribution in [0.15, 0.2) is 0 Å². The number of H-pyrrole nitrogens is 1. The van der Waals surface area contributed by atoms with Crippen molar-refractivity contribution in [2.75, 3.05) is 46.6 Å². The number of nitrogens with zero attached hydrogens (tertiary/aromatic N) is 1. The molecule has 9 nitrogen and oxygen atoms in total. The van der Waals surface area contributed by atoms with Crippen LogP contribution in [0.25, 0.3) is 0 Å². The molecule has 1 aromatic heterocycles. The van der Waals surface area contributed by atoms with Crippen LogP contribution in [0.4, 0.5) is 0 Å². The predicted molar refractivity (Wildman–Crippen MR) is 113 cm³/mol. The Bertz CT molecular complexity index is 806. The van der Waals surface area contributed by atoms with Crippen LogP contribution < -0.4 is 5.32 Å². The molecule has 2 N–H and O–H groups in total. The minimum Gasteiger partial charge on any atom is -0.465 e. The topological polar surface area (TPSA) is 110 Å². The van der Waals surface area contributed by atoms with E-state index in [9.17, 15) is 14.4 Å². The van der Waals surface area contributed by atoms with Gasteiger partial charge in [-0.2, -0.15) is 0 Å². The predicted octanol–water partition coefficient (Wildman–Crippen LogP) is 1.73. The standard InChI is InChI=1S/C22H33N3O6/c1-15-18(20(27)29-3)16(2)24-19(15)21(28)31-13-17(26)23-14-22(7-5-4-6-8-22)25-9-11-30-12-10-25/h24H,4-14H2,1-3H3,(H,23,26). The zero-order valence-corrected chi connectivity index (χ0v) is 18.7. The second kappa shape index (κ2) is 10.3. The first-order valence-electron chi connectivity index (χ1n) is 10.9. The Balaban J connectivity index is 1.56. The van der Waals surface area contributed by atoms with Crippen molar-refractivity contribution in [3.8, 4) is 0 Å². The van der Waals surface area contributed by atoms with Crippen molar-refractivity contribution in [2.45, 2.75) is 51.5 Å². The highest BCUT2D eigenvalue weighted by molar-refractivity contribution is 5.99. The number of aryl methyl sites for hydroxylation is 1. The maximum atomic E-state index is 12.5. The molecular weight excluding hydrogens is 402 g/mol. The summed E-state index contributed by atoms with van der Waals surface area (Å²) in [6.07, 6.45) is 5.61. The summed E-state index contributed by atoms with van der Waals surface area (Å²) in [5.74, 6) is -1.53. The average Bonchev–Trinajstić information content (AvgIpc) is 3.10. The highest BCUT2D eigenvalue weighted by atomic mass is 16.5. The molecule has 31 heavy (non-hydrogen) atoms. The van der Waals surface area contributed by atoms with E-state index in [1.54, 1.807) is 13.8 Å². The van der Waals surface area contributed by atoms with Crippen LogP contribution in [-0.4, -0.2) is 79.8 Å². The van der Waals surface area contributed by atoms with Crippen LogP contribution >= 0.6 is 0 Å². The number of carbonyl (C=O) groups is 3. The number of carbonyl (C=O) groups excluding carboxylic acids is 3. The van der Waals surface area contributed by atoms with Crippen molar-refractivity contribution < 1.29 is 28.6 Å². The molecule has 1 aliphatic heterocycles. The monoisotopic (exact) mass is 435 g/mol. The van der Waals surface area contributed by atoms with E-state index in [-0.39, 0.29) is 23.7 Å². The summed E-state index contributed by atoms with van der Waals surface area (Å²) in [4.78, 5) is 42.1. The van der Waals surface area contributed by atoms with E-state index in [1.807, 2.05) is 0 Å². The van der Waals surface area contributed by atoms with E-state index in [0.29, 0.717) is 23.4 Å². The second-order valence-corrected chi connectivity index (χ2v) is 8.35. The van der Waals surface area contributed by atoms with Crippen LogP contribution in [-0.2, 0) is 19.0 Å². The fourth-order valence-electron chi connectivity index (χ4n) is 4.73. The van der Waals surface area contributed by atoms with Crippen LogP contribution in [0.2, 0.25) is 0 Å². The fraction of sp³-hybridized carbons (Fsp3) is 0.682. The normalized spacial score (nSPS) is 18.9. The molecule has 9 heteroatoms. The van der Waals surface area contributed by atoms with E-state index < -0.39 is 11.9 Å². The summed E-state index contributed by atoms with van der Waals surface area (Å²) >= 11 is 0. The summed E-state index contributed by atoms with van der Waals surface area (Å²) < 4.78 is 15.4. The van der Waals surface area contributed by atoms with Crippen molar-refractivity contribution in [1.29, 1.82) is 0 Å². The first-order chi connectivity index (χ1) is 14.9. The summed E-state index contributed by atoms with van der Waals surface area (Å²) in [7, 11) is 1.28. The van der Waals surface area contributed by atoms with Gasteiger partial charge in [-0.1, -0.05) is 19.3 Å². The number of hydrogen-bond acceptors (Lipinski definition) is 7. The molecule has 1 aromatic rings. The van der Waals surface area contributed by atoms with Crippen LogP contribution in [0.5, 0.6) is 0 Å². The third-order valence-electron chi connectivity index (χ3n) is 6.45. The van der Waals surface area contributed by atoms with Crippen molar-refractivity contribution in [3.05, 3.63) is 22.5 Å². The Hall–Kier alpha value is -2.39. The van der Waals surface area contributed by atoms with E-state index >= 15 is 0 Å². The molecule has 2 fully saturated rings. The van der Waals surface area contributed by atoms with Gasteiger partial charge in [0.15, 0.2) is 6.61 Å². The number of ether oxygens (including phenoxy) is 3. The smallest absolute Gasteiger partial charge is 0.355 e. The quantitative estimate of drug-likeness (QED) is 0.628. The summed E-state index contributed by atoms with van der Waals surface area (Å²) in [6.45, 7) is 6.67.